The van der Waals surface area contributed by atoms with Gasteiger partial charge in [-0.25, -0.2) is 9.59 Å². The maximum absolute atomic E-state index is 12.9. The molecule has 0 amide bonds. The molecule has 12 nitrogen and oxygen atoms in total. The van der Waals surface area contributed by atoms with Crippen molar-refractivity contribution in [3.8, 4) is 0 Å². The van der Waals surface area contributed by atoms with Crippen LogP contribution in [0.5, 0.6) is 0 Å². The van der Waals surface area contributed by atoms with Crippen LogP contribution >= 0.6 is 11.6 Å². The Kier molecular flexibility index (Phi) is 5.29. The summed E-state index contributed by atoms with van der Waals surface area (Å²) in [6.07, 6.45) is 0. The number of anilines is 1. The maximum Gasteiger partial charge on any atom is 0.332 e. The summed E-state index contributed by atoms with van der Waals surface area (Å²) >= 11 is 6.12. The van der Waals surface area contributed by atoms with E-state index in [2.05, 4.69) is 9.97 Å². The topological polar surface area (TPSA) is 160 Å². The Morgan fingerprint density at radius 3 is 2.37 bits per heavy atom. The SMILES string of the molecule is CC(C)Cn1c(N)c(C(=O)Cn2c(Cl)nc3c2c(=O)n(C)c(=O)n3C)c(=O)[nH]c1=O. The molecule has 0 bridgehead atoms. The van der Waals surface area contributed by atoms with Gasteiger partial charge in [0.2, 0.25) is 5.28 Å². The first-order valence-electron chi connectivity index (χ1n) is 8.93. The van der Waals surface area contributed by atoms with Crippen LogP contribution in [0.2, 0.25) is 5.28 Å². The van der Waals surface area contributed by atoms with Crippen LogP contribution in [0.15, 0.2) is 19.2 Å². The van der Waals surface area contributed by atoms with Gasteiger partial charge in [-0.05, 0) is 17.5 Å². The highest BCUT2D eigenvalue weighted by molar-refractivity contribution is 6.29. The summed E-state index contributed by atoms with van der Waals surface area (Å²) < 4.78 is 4.17. The molecule has 0 atom stereocenters. The fourth-order valence-corrected chi connectivity index (χ4v) is 3.41. The van der Waals surface area contributed by atoms with Crippen molar-refractivity contribution in [3.63, 3.8) is 0 Å². The highest BCUT2D eigenvalue weighted by Crippen LogP contribution is 2.17. The van der Waals surface area contributed by atoms with Gasteiger partial charge < -0.3 is 10.3 Å². The lowest BCUT2D eigenvalue weighted by atomic mass is 10.1. The molecule has 0 unspecified atom stereocenters. The zero-order chi connectivity index (χ0) is 22.5. The zero-order valence-electron chi connectivity index (χ0n) is 16.7. The van der Waals surface area contributed by atoms with E-state index in [1.54, 1.807) is 0 Å². The Morgan fingerprint density at radius 2 is 1.77 bits per heavy atom. The molecular formula is C17H20ClN7O5. The van der Waals surface area contributed by atoms with Crippen LogP contribution in [0.4, 0.5) is 5.82 Å². The molecule has 0 saturated carbocycles. The standard InChI is InChI=1S/C17H20ClN7O5/c1-7(2)5-25-11(19)9(13(27)21-16(25)29)8(26)6-24-10-12(20-15(24)18)22(3)17(30)23(4)14(10)28/h7H,5-6,19H2,1-4H3,(H,21,27,29). The average molecular weight is 438 g/mol. The number of rotatable bonds is 5. The molecule has 3 N–H and O–H groups in total. The van der Waals surface area contributed by atoms with E-state index in [4.69, 9.17) is 17.3 Å². The minimum atomic E-state index is -0.941. The van der Waals surface area contributed by atoms with Gasteiger partial charge in [-0.15, -0.1) is 0 Å². The van der Waals surface area contributed by atoms with Crippen molar-refractivity contribution in [2.45, 2.75) is 26.9 Å². The molecule has 3 rings (SSSR count). The summed E-state index contributed by atoms with van der Waals surface area (Å²) in [4.78, 5) is 68.1. The first-order chi connectivity index (χ1) is 14.0. The predicted octanol–water partition coefficient (Wildman–Crippen LogP) is -0.942. The molecule has 0 aliphatic heterocycles. The fourth-order valence-electron chi connectivity index (χ4n) is 3.19. The normalized spacial score (nSPS) is 11.5. The van der Waals surface area contributed by atoms with Gasteiger partial charge >= 0.3 is 11.4 Å². The number of ketones is 1. The van der Waals surface area contributed by atoms with Gasteiger partial charge in [0.1, 0.15) is 11.4 Å². The second-order valence-electron chi connectivity index (χ2n) is 7.29. The number of imidazole rings is 1. The molecule has 0 aliphatic carbocycles. The Hall–Kier alpha value is -3.41. The third kappa shape index (κ3) is 3.28. The molecule has 13 heteroatoms. The van der Waals surface area contributed by atoms with Crippen LogP contribution < -0.4 is 28.2 Å². The molecule has 0 spiro atoms. The molecule has 3 aromatic rings. The van der Waals surface area contributed by atoms with Crippen molar-refractivity contribution in [2.24, 2.45) is 20.0 Å². The predicted molar refractivity (Wildman–Crippen MR) is 110 cm³/mol. The number of nitrogen functional groups attached to an aromatic ring is 1. The van der Waals surface area contributed by atoms with Crippen molar-refractivity contribution in [3.05, 3.63) is 52.5 Å². The van der Waals surface area contributed by atoms with Crippen LogP contribution in [0, 0.1) is 5.92 Å². The number of H-pyrrole nitrogens is 1. The van der Waals surface area contributed by atoms with E-state index in [9.17, 15) is 24.0 Å². The van der Waals surface area contributed by atoms with Crippen LogP contribution in [0.1, 0.15) is 24.2 Å². The van der Waals surface area contributed by atoms with Gasteiger partial charge in [0.05, 0.1) is 6.54 Å². The largest absolute Gasteiger partial charge is 0.384 e. The molecule has 30 heavy (non-hydrogen) atoms. The van der Waals surface area contributed by atoms with Gasteiger partial charge in [-0.2, -0.15) is 4.98 Å². The highest BCUT2D eigenvalue weighted by atomic mass is 35.5. The summed E-state index contributed by atoms with van der Waals surface area (Å²) in [5, 5.41) is -0.220. The number of aromatic amines is 1. The van der Waals surface area contributed by atoms with Gasteiger partial charge in [-0.3, -0.25) is 33.1 Å². The number of aromatic nitrogens is 6. The Balaban J connectivity index is 2.19. The highest BCUT2D eigenvalue weighted by Gasteiger charge is 2.24. The zero-order valence-corrected chi connectivity index (χ0v) is 17.5. The number of fused-ring (bicyclic) bond motifs is 1. The third-order valence-electron chi connectivity index (χ3n) is 4.67. The van der Waals surface area contributed by atoms with Crippen LogP contribution in [0.25, 0.3) is 11.2 Å². The summed E-state index contributed by atoms with van der Waals surface area (Å²) in [6.45, 7) is 3.33. The number of carbonyl (C=O) groups excluding carboxylic acids is 1. The van der Waals surface area contributed by atoms with E-state index in [0.29, 0.717) is 0 Å². The summed E-state index contributed by atoms with van der Waals surface area (Å²) in [7, 11) is 2.69. The van der Waals surface area contributed by atoms with Gasteiger partial charge in [0.15, 0.2) is 16.9 Å². The molecule has 0 fully saturated rings. The molecular weight excluding hydrogens is 418 g/mol. The number of halogens is 1. The maximum atomic E-state index is 12.9. The number of nitrogens with zero attached hydrogens (tertiary/aromatic N) is 5. The minimum absolute atomic E-state index is 0.00689. The van der Waals surface area contributed by atoms with E-state index in [1.807, 2.05) is 13.8 Å². The first kappa shape index (κ1) is 21.3. The summed E-state index contributed by atoms with van der Waals surface area (Å²) in [5.41, 5.74) is 2.48. The second-order valence-corrected chi connectivity index (χ2v) is 7.63. The van der Waals surface area contributed by atoms with E-state index in [1.165, 1.54) is 14.1 Å². The minimum Gasteiger partial charge on any atom is -0.384 e. The number of Topliss-reactive ketones (excluding diaryl/α,β-unsaturated/α-hetero) is 1. The average Bonchev–Trinajstić information content (AvgIpc) is 2.98. The number of aryl methyl sites for hydroxylation is 1. The summed E-state index contributed by atoms with van der Waals surface area (Å²) in [6, 6.07) is 0. The lowest BCUT2D eigenvalue weighted by molar-refractivity contribution is 0.0972. The van der Waals surface area contributed by atoms with Crippen LogP contribution in [0.3, 0.4) is 0 Å². The second kappa shape index (κ2) is 7.44. The lowest BCUT2D eigenvalue weighted by Crippen LogP contribution is -2.39. The number of nitrogens with one attached hydrogen (secondary N) is 1. The van der Waals surface area contributed by atoms with Crippen molar-refractivity contribution in [1.82, 2.24) is 28.2 Å². The Morgan fingerprint density at radius 1 is 1.13 bits per heavy atom. The van der Waals surface area contributed by atoms with E-state index >= 15 is 0 Å². The molecule has 0 aliphatic rings. The quantitative estimate of drug-likeness (QED) is 0.384. The van der Waals surface area contributed by atoms with Gasteiger partial charge in [0, 0.05) is 20.6 Å². The van der Waals surface area contributed by atoms with Gasteiger partial charge in [0.25, 0.3) is 11.1 Å². The molecule has 0 aromatic carbocycles. The molecule has 0 saturated heterocycles. The van der Waals surface area contributed by atoms with Crippen molar-refractivity contribution in [2.75, 3.05) is 5.73 Å². The lowest BCUT2D eigenvalue weighted by Gasteiger charge is -2.14. The Bertz CT molecular complexity index is 1420. The molecule has 0 radical (unpaired) electrons. The molecule has 160 valence electrons. The molecule has 3 aromatic heterocycles. The van der Waals surface area contributed by atoms with Gasteiger partial charge in [-0.1, -0.05) is 13.8 Å². The third-order valence-corrected chi connectivity index (χ3v) is 4.96. The van der Waals surface area contributed by atoms with E-state index in [-0.39, 0.29) is 34.7 Å². The fraction of sp³-hybridized carbons (Fsp3) is 0.412. The summed E-state index contributed by atoms with van der Waals surface area (Å²) in [5.74, 6) is -1.03. The van der Waals surface area contributed by atoms with Crippen LogP contribution in [-0.4, -0.2) is 34.0 Å². The van der Waals surface area contributed by atoms with E-state index < -0.39 is 40.4 Å². The number of hydrogen-bond acceptors (Lipinski definition) is 7. The Labute approximate surface area is 173 Å². The molecule has 3 heterocycles. The number of hydrogen-bond donors (Lipinski definition) is 2. The van der Waals surface area contributed by atoms with Crippen molar-refractivity contribution < 1.29 is 4.79 Å². The van der Waals surface area contributed by atoms with Crippen molar-refractivity contribution in [1.29, 1.82) is 0 Å². The van der Waals surface area contributed by atoms with Crippen molar-refractivity contribution >= 4 is 34.4 Å². The monoisotopic (exact) mass is 437 g/mol. The number of carbonyl (C=O) groups is 1. The van der Waals surface area contributed by atoms with E-state index in [0.717, 1.165) is 18.3 Å². The first-order valence-corrected chi connectivity index (χ1v) is 9.31. The number of nitrogens with two attached hydrogens (primary N) is 1. The smallest absolute Gasteiger partial charge is 0.332 e. The van der Waals surface area contributed by atoms with Crippen LogP contribution in [-0.2, 0) is 27.2 Å².